The molecule has 0 spiro atoms. The predicted octanol–water partition coefficient (Wildman–Crippen LogP) is 3.07. The van der Waals surface area contributed by atoms with Crippen LogP contribution in [-0.4, -0.2) is 216 Å². The van der Waals surface area contributed by atoms with Gasteiger partial charge >= 0.3 is 12.0 Å². The number of imide groups is 1. The van der Waals surface area contributed by atoms with E-state index >= 15 is 0 Å². The van der Waals surface area contributed by atoms with Crippen molar-refractivity contribution < 1.29 is 90.9 Å². The number of urea groups is 1. The van der Waals surface area contributed by atoms with Gasteiger partial charge in [0.2, 0.25) is 29.5 Å². The largest absolute Gasteiger partial charge is 0.385 e. The number of thioether (sulfide) groups is 1. The number of ether oxygens (including phenoxy) is 5. The number of hydrogen-bond donors (Lipinski definition) is 9. The maximum absolute atomic E-state index is 13.5. The first kappa shape index (κ1) is 80.8. The first-order chi connectivity index (χ1) is 46.8. The van der Waals surface area contributed by atoms with Gasteiger partial charge in [0.05, 0.1) is 75.4 Å². The Hall–Kier alpha value is -6.90. The Morgan fingerprint density at radius 2 is 1.09 bits per heavy atom. The van der Waals surface area contributed by atoms with E-state index in [1.807, 2.05) is 25.6 Å². The third-order valence-corrected chi connectivity index (χ3v) is 18.5. The summed E-state index contributed by atoms with van der Waals surface area (Å²) in [6.45, 7) is 8.76. The molecule has 9 N–H and O–H groups in total. The van der Waals surface area contributed by atoms with Gasteiger partial charge in [0.25, 0.3) is 23.5 Å². The number of nitrogens with zero attached hydrogens (tertiary/aromatic N) is 1. The standard InChI is InChI=1S/C66H102N10O19S2/c1-66(2)43-49(77)60(50(78)44-66)46(67-30-34-92-38-39-93-35-31-72-64(88)62(86)52-18-12-42-96-52)15-5-7-19-53(79)68-27-11-9-16-47(73-56(82)23-22-55(81)69-26-10-3-4-21-59(85)95-76-57(83)24-25-58(76)84)63(87)71-29-14-33-91-37-41-94-40-36-90-32-13-28-70-54(80)20-8-6-17-51-61-48(45-97-51)74-65(89)75-61/h12,18,42,47-48,51,61,67H,3-11,13-17,19-41,43-45H2,1-2H3,(H,68,79)(H,69,81)(H,70,80)(H,71,87)(H,72,88)(H,73,82)(H2,74,75,89)/t47-,48-,51-,61-/m0/s1. The van der Waals surface area contributed by atoms with E-state index in [1.165, 1.54) is 11.3 Å². The highest BCUT2D eigenvalue weighted by molar-refractivity contribution is 8.00. The first-order valence-electron chi connectivity index (χ1n) is 34.2. The van der Waals surface area contributed by atoms with Crippen molar-refractivity contribution in [1.82, 2.24) is 52.9 Å². The second-order valence-electron chi connectivity index (χ2n) is 24.9. The molecule has 3 aliphatic heterocycles. The van der Waals surface area contributed by atoms with Crippen molar-refractivity contribution in [2.45, 2.75) is 185 Å². The molecule has 1 aromatic heterocycles. The summed E-state index contributed by atoms with van der Waals surface area (Å²) in [4.78, 5) is 168. The number of thiophene rings is 1. The van der Waals surface area contributed by atoms with Gasteiger partial charge in [-0.3, -0.25) is 52.7 Å². The Balaban J connectivity index is 0.932. The molecule has 1 saturated carbocycles. The van der Waals surface area contributed by atoms with Gasteiger partial charge in [0.1, 0.15) is 6.04 Å². The topological polar surface area (TPSA) is 389 Å². The average molecular weight is 1400 g/mol. The SMILES string of the molecule is CC1(C)CC(=O)C(=C(CCCCC(=O)NCCCC[C@H](NC(=O)CCC(=O)NCCCCCC(=O)ON2C(=O)CCC2=O)C(=O)NCCCOCCOCCOCCCNC(=O)CCCC[C@@H]2SC[C@@H]3NC(=O)N[C@@H]32)NCCOCCOCCNC(=O)C(=O)c2cccs2)C(=O)C1. The summed E-state index contributed by atoms with van der Waals surface area (Å²) >= 11 is 3.06. The molecule has 5 rings (SSSR count). The fourth-order valence-electron chi connectivity index (χ4n) is 11.0. The molecule has 29 nitrogen and oxygen atoms in total. The smallest absolute Gasteiger partial charge is 0.333 e. The van der Waals surface area contributed by atoms with Crippen LogP contribution in [0.15, 0.2) is 28.8 Å². The quantitative estimate of drug-likeness (QED) is 0.00860. The summed E-state index contributed by atoms with van der Waals surface area (Å²) in [6, 6.07) is 2.64. The van der Waals surface area contributed by atoms with Crippen LogP contribution in [-0.2, 0) is 81.3 Å². The van der Waals surface area contributed by atoms with Crippen molar-refractivity contribution >= 4 is 99.7 Å². The van der Waals surface area contributed by atoms with Gasteiger partial charge in [-0.25, -0.2) is 9.59 Å². The van der Waals surface area contributed by atoms with E-state index in [0.717, 1.165) is 25.0 Å². The van der Waals surface area contributed by atoms with Gasteiger partial charge in [0.15, 0.2) is 11.6 Å². The number of hydroxylamine groups is 2. The van der Waals surface area contributed by atoms with Crippen LogP contribution in [0.5, 0.6) is 0 Å². The summed E-state index contributed by atoms with van der Waals surface area (Å²) in [7, 11) is 0. The summed E-state index contributed by atoms with van der Waals surface area (Å²) in [5.41, 5.74) is 0.226. The summed E-state index contributed by atoms with van der Waals surface area (Å²) < 4.78 is 28.1. The maximum atomic E-state index is 13.5. The summed E-state index contributed by atoms with van der Waals surface area (Å²) in [5.74, 6) is -4.11. The number of Topliss-reactive ketones (excluding diaryl/α,β-unsaturated/α-hetero) is 3. The van der Waals surface area contributed by atoms with Crippen molar-refractivity contribution in [3.63, 3.8) is 0 Å². The van der Waals surface area contributed by atoms with Crippen LogP contribution in [0.3, 0.4) is 0 Å². The molecule has 0 bridgehead atoms. The van der Waals surface area contributed by atoms with Crippen molar-refractivity contribution in [3.05, 3.63) is 33.7 Å². The number of rotatable bonds is 53. The van der Waals surface area contributed by atoms with E-state index in [0.29, 0.717) is 151 Å². The highest BCUT2D eigenvalue weighted by atomic mass is 32.2. The monoisotopic (exact) mass is 1400 g/mol. The van der Waals surface area contributed by atoms with Crippen molar-refractivity contribution in [1.29, 1.82) is 0 Å². The number of nitrogens with one attached hydrogen (secondary N) is 9. The molecule has 4 heterocycles. The minimum atomic E-state index is -0.928. The molecule has 542 valence electrons. The number of hydrogen-bond acceptors (Lipinski definition) is 22. The number of carbonyl (C=O) groups excluding carboxylic acids is 13. The Morgan fingerprint density at radius 1 is 0.557 bits per heavy atom. The molecule has 3 saturated heterocycles. The van der Waals surface area contributed by atoms with E-state index in [2.05, 4.69) is 47.9 Å². The van der Waals surface area contributed by atoms with Gasteiger partial charge < -0.3 is 76.4 Å². The molecule has 0 radical (unpaired) electrons. The fraction of sp³-hybridized carbons (Fsp3) is 0.712. The second-order valence-corrected chi connectivity index (χ2v) is 27.1. The fourth-order valence-corrected chi connectivity index (χ4v) is 13.2. The molecule has 4 aliphatic rings. The van der Waals surface area contributed by atoms with Crippen LogP contribution in [0, 0.1) is 5.41 Å². The van der Waals surface area contributed by atoms with Crippen LogP contribution in [0.2, 0.25) is 0 Å². The van der Waals surface area contributed by atoms with Crippen LogP contribution >= 0.6 is 23.1 Å². The van der Waals surface area contributed by atoms with E-state index in [9.17, 15) is 62.3 Å². The number of carbonyl (C=O) groups is 13. The van der Waals surface area contributed by atoms with E-state index < -0.39 is 52.7 Å². The lowest BCUT2D eigenvalue weighted by molar-refractivity contribution is -0.197. The van der Waals surface area contributed by atoms with E-state index in [-0.39, 0.29) is 157 Å². The molecule has 0 aromatic carbocycles. The molecular weight excluding hydrogens is 1300 g/mol. The lowest BCUT2D eigenvalue weighted by Crippen LogP contribution is -2.47. The van der Waals surface area contributed by atoms with Crippen LogP contribution in [0.1, 0.15) is 171 Å². The number of allylic oxidation sites excluding steroid dienone is 2. The first-order valence-corrected chi connectivity index (χ1v) is 36.1. The number of unbranched alkanes of at least 4 members (excludes halogenated alkanes) is 5. The molecule has 4 atom stereocenters. The Kier molecular flexibility index (Phi) is 38.6. The summed E-state index contributed by atoms with van der Waals surface area (Å²) in [5, 5.41) is 28.5. The van der Waals surface area contributed by atoms with Crippen LogP contribution in [0.25, 0.3) is 0 Å². The highest BCUT2D eigenvalue weighted by Crippen LogP contribution is 2.36. The Labute approximate surface area is 576 Å². The lowest BCUT2D eigenvalue weighted by atomic mass is 9.73. The van der Waals surface area contributed by atoms with Gasteiger partial charge in [-0.05, 0) is 93.9 Å². The molecule has 1 aliphatic carbocycles. The van der Waals surface area contributed by atoms with Gasteiger partial charge in [0, 0.05) is 127 Å². The number of fused-ring (bicyclic) bond motifs is 1. The molecule has 10 amide bonds. The Morgan fingerprint density at radius 3 is 1.72 bits per heavy atom. The normalized spacial score (nSPS) is 17.4. The molecule has 1 aromatic rings. The molecule has 31 heteroatoms. The highest BCUT2D eigenvalue weighted by Gasteiger charge is 2.43. The third kappa shape index (κ3) is 33.0. The zero-order chi connectivity index (χ0) is 70.1. The Bertz CT molecular complexity index is 2730. The second kappa shape index (κ2) is 46.4. The van der Waals surface area contributed by atoms with Crippen molar-refractivity contribution in [3.8, 4) is 0 Å². The van der Waals surface area contributed by atoms with Crippen molar-refractivity contribution in [2.75, 3.05) is 111 Å². The van der Waals surface area contributed by atoms with E-state index in [4.69, 9.17) is 28.5 Å². The molecule has 0 unspecified atom stereocenters. The predicted molar refractivity (Wildman–Crippen MR) is 358 cm³/mol. The average Bonchev–Trinajstić information content (AvgIpc) is 1.61. The zero-order valence-corrected chi connectivity index (χ0v) is 58.0. The van der Waals surface area contributed by atoms with Crippen LogP contribution in [0.4, 0.5) is 4.79 Å². The zero-order valence-electron chi connectivity index (χ0n) is 56.3. The number of ketones is 3. The molecule has 4 fully saturated rings. The molecular formula is C66H102N10O19S2. The molecule has 97 heavy (non-hydrogen) atoms. The minimum Gasteiger partial charge on any atom is -0.385 e. The minimum absolute atomic E-state index is 0.00178. The summed E-state index contributed by atoms with van der Waals surface area (Å²) in [6.07, 6.45) is 8.66. The maximum Gasteiger partial charge on any atom is 0.333 e. The van der Waals surface area contributed by atoms with Crippen molar-refractivity contribution in [2.24, 2.45) is 5.41 Å². The van der Waals surface area contributed by atoms with Gasteiger partial charge in [-0.1, -0.05) is 32.8 Å². The number of amides is 10. The van der Waals surface area contributed by atoms with E-state index in [1.54, 1.807) is 17.5 Å². The van der Waals surface area contributed by atoms with Gasteiger partial charge in [-0.15, -0.1) is 16.4 Å². The third-order valence-electron chi connectivity index (χ3n) is 16.1. The van der Waals surface area contributed by atoms with Crippen LogP contribution < -0.4 is 47.9 Å². The van der Waals surface area contributed by atoms with Gasteiger partial charge in [-0.2, -0.15) is 11.8 Å². The lowest BCUT2D eigenvalue weighted by Gasteiger charge is -2.30.